The second-order valence-electron chi connectivity index (χ2n) is 4.21. The van der Waals surface area contributed by atoms with E-state index in [2.05, 4.69) is 10.1 Å². The van der Waals surface area contributed by atoms with Crippen LogP contribution in [0.5, 0.6) is 6.01 Å². The summed E-state index contributed by atoms with van der Waals surface area (Å²) in [6.07, 6.45) is 0.492. The Morgan fingerprint density at radius 1 is 1.56 bits per heavy atom. The Hall–Kier alpha value is -1.31. The Bertz CT molecular complexity index is 509. The molecule has 0 amide bonds. The maximum atomic E-state index is 11.5. The average Bonchev–Trinajstić information content (AvgIpc) is 2.68. The molecule has 1 aliphatic rings. The first-order valence-corrected chi connectivity index (χ1v) is 6.66. The van der Waals surface area contributed by atoms with Crippen LogP contribution >= 0.6 is 0 Å². The summed E-state index contributed by atoms with van der Waals surface area (Å²) in [7, 11) is -1.56. The molecule has 2 heterocycles. The topological polar surface area (TPSA) is 100 Å². The third-order valence-electron chi connectivity index (χ3n) is 2.79. The highest BCUT2D eigenvalue weighted by Crippen LogP contribution is 2.32. The number of hydrogen-bond donors (Lipinski definition) is 1. The van der Waals surface area contributed by atoms with Gasteiger partial charge in [-0.1, -0.05) is 0 Å². The van der Waals surface area contributed by atoms with Crippen LogP contribution in [0.15, 0.2) is 0 Å². The molecule has 1 aliphatic heterocycles. The van der Waals surface area contributed by atoms with Crippen molar-refractivity contribution in [3.05, 3.63) is 0 Å². The number of nitrogens with two attached hydrogens (primary N) is 1. The van der Waals surface area contributed by atoms with Crippen LogP contribution in [-0.4, -0.2) is 41.8 Å². The molecule has 1 fully saturated rings. The number of hydrogen-bond acceptors (Lipinski definition) is 6. The highest BCUT2D eigenvalue weighted by Gasteiger charge is 2.42. The second-order valence-corrected chi connectivity index (χ2v) is 6.39. The number of sulfone groups is 1. The van der Waals surface area contributed by atoms with E-state index in [0.717, 1.165) is 0 Å². The van der Waals surface area contributed by atoms with Gasteiger partial charge < -0.3 is 10.5 Å². The molecule has 0 aliphatic carbocycles. The van der Waals surface area contributed by atoms with E-state index < -0.39 is 15.4 Å². The van der Waals surface area contributed by atoms with Crippen LogP contribution in [0.4, 0.5) is 5.95 Å². The lowest BCUT2D eigenvalue weighted by Crippen LogP contribution is -2.33. The van der Waals surface area contributed by atoms with Crippen molar-refractivity contribution in [2.45, 2.75) is 18.9 Å². The quantitative estimate of drug-likeness (QED) is 0.748. The molecule has 7 nitrogen and oxygen atoms in total. The average molecular weight is 246 g/mol. The smallest absolute Gasteiger partial charge is 0.337 e. The summed E-state index contributed by atoms with van der Waals surface area (Å²) >= 11 is 0. The molecular formula is C8H14N4O3S. The lowest BCUT2D eigenvalue weighted by molar-refractivity contribution is 0.314. The SMILES string of the molecule is COc1nc(N)n(C2(C)CCS(=O)(=O)C2)n1. The van der Waals surface area contributed by atoms with Crippen LogP contribution < -0.4 is 10.5 Å². The van der Waals surface area contributed by atoms with Crippen molar-refractivity contribution in [1.82, 2.24) is 14.8 Å². The third-order valence-corrected chi connectivity index (χ3v) is 4.68. The van der Waals surface area contributed by atoms with Crippen molar-refractivity contribution in [2.75, 3.05) is 24.3 Å². The monoisotopic (exact) mass is 246 g/mol. The van der Waals surface area contributed by atoms with Crippen molar-refractivity contribution in [3.8, 4) is 6.01 Å². The van der Waals surface area contributed by atoms with E-state index in [1.54, 1.807) is 0 Å². The molecule has 0 radical (unpaired) electrons. The van der Waals surface area contributed by atoms with Crippen LogP contribution in [0.1, 0.15) is 13.3 Å². The normalized spacial score (nSPS) is 28.1. The van der Waals surface area contributed by atoms with Crippen LogP contribution in [0.2, 0.25) is 0 Å². The van der Waals surface area contributed by atoms with Gasteiger partial charge in [0.2, 0.25) is 5.95 Å². The Kier molecular flexibility index (Phi) is 2.33. The molecule has 16 heavy (non-hydrogen) atoms. The summed E-state index contributed by atoms with van der Waals surface area (Å²) in [5, 5.41) is 4.04. The lowest BCUT2D eigenvalue weighted by atomic mass is 10.0. The molecule has 90 valence electrons. The van der Waals surface area contributed by atoms with Gasteiger partial charge in [-0.3, -0.25) is 0 Å². The Morgan fingerprint density at radius 2 is 2.25 bits per heavy atom. The zero-order valence-corrected chi connectivity index (χ0v) is 9.99. The minimum atomic E-state index is -3.00. The van der Waals surface area contributed by atoms with Gasteiger partial charge in [0.05, 0.1) is 24.2 Å². The first kappa shape index (κ1) is 11.2. The van der Waals surface area contributed by atoms with Gasteiger partial charge in [-0.15, -0.1) is 5.10 Å². The van der Waals surface area contributed by atoms with E-state index >= 15 is 0 Å². The molecule has 1 unspecified atom stereocenters. The molecule has 1 atom stereocenters. The Balaban J connectivity index is 2.40. The first-order valence-electron chi connectivity index (χ1n) is 4.84. The minimum Gasteiger partial charge on any atom is -0.466 e. The van der Waals surface area contributed by atoms with Gasteiger partial charge >= 0.3 is 6.01 Å². The van der Waals surface area contributed by atoms with Gasteiger partial charge in [-0.25, -0.2) is 13.1 Å². The summed E-state index contributed by atoms with van der Waals surface area (Å²) in [5.74, 6) is 0.374. The minimum absolute atomic E-state index is 0.0384. The van der Waals surface area contributed by atoms with Crippen LogP contribution in [0.3, 0.4) is 0 Å². The van der Waals surface area contributed by atoms with E-state index in [1.165, 1.54) is 11.8 Å². The van der Waals surface area contributed by atoms with Crippen LogP contribution in [-0.2, 0) is 15.4 Å². The number of nitrogen functional groups attached to an aromatic ring is 1. The van der Waals surface area contributed by atoms with E-state index in [-0.39, 0.29) is 23.5 Å². The standard InChI is InChI=1S/C8H14N4O3S/c1-8(3-4-16(13,14)5-8)12-6(9)10-7(11-12)15-2/h3-5H2,1-2H3,(H2,9,10,11). The molecular weight excluding hydrogens is 232 g/mol. The van der Waals surface area contributed by atoms with E-state index in [0.29, 0.717) is 6.42 Å². The van der Waals surface area contributed by atoms with Crippen molar-refractivity contribution in [3.63, 3.8) is 0 Å². The fraction of sp³-hybridized carbons (Fsp3) is 0.750. The molecule has 1 aromatic rings. The molecule has 1 saturated heterocycles. The molecule has 0 aromatic carbocycles. The highest BCUT2D eigenvalue weighted by molar-refractivity contribution is 7.91. The Labute approximate surface area is 93.5 Å². The second kappa shape index (κ2) is 3.34. The number of rotatable bonds is 2. The maximum absolute atomic E-state index is 11.5. The number of aromatic nitrogens is 3. The molecule has 2 rings (SSSR count). The number of nitrogens with zero attached hydrogens (tertiary/aromatic N) is 3. The zero-order chi connectivity index (χ0) is 12.0. The predicted octanol–water partition coefficient (Wildman–Crippen LogP) is -0.597. The van der Waals surface area contributed by atoms with E-state index in [1.807, 2.05) is 6.92 Å². The Morgan fingerprint density at radius 3 is 2.69 bits per heavy atom. The predicted molar refractivity (Wildman–Crippen MR) is 57.9 cm³/mol. The van der Waals surface area contributed by atoms with E-state index in [4.69, 9.17) is 10.5 Å². The molecule has 0 spiro atoms. The zero-order valence-electron chi connectivity index (χ0n) is 9.17. The molecule has 0 bridgehead atoms. The van der Waals surface area contributed by atoms with Crippen LogP contribution in [0, 0.1) is 0 Å². The fourth-order valence-electron chi connectivity index (χ4n) is 1.95. The summed E-state index contributed by atoms with van der Waals surface area (Å²) in [6, 6.07) is 0.156. The fourth-order valence-corrected chi connectivity index (χ4v) is 4.06. The molecule has 1 aromatic heterocycles. The molecule has 2 N–H and O–H groups in total. The summed E-state index contributed by atoms with van der Waals surface area (Å²) < 4.78 is 29.2. The van der Waals surface area contributed by atoms with Gasteiger partial charge in [-0.05, 0) is 13.3 Å². The van der Waals surface area contributed by atoms with Gasteiger partial charge in [0.25, 0.3) is 0 Å². The lowest BCUT2D eigenvalue weighted by Gasteiger charge is -2.22. The molecule has 0 saturated carbocycles. The molecule has 8 heteroatoms. The maximum Gasteiger partial charge on any atom is 0.337 e. The van der Waals surface area contributed by atoms with Crippen molar-refractivity contribution in [1.29, 1.82) is 0 Å². The highest BCUT2D eigenvalue weighted by atomic mass is 32.2. The van der Waals surface area contributed by atoms with Crippen molar-refractivity contribution < 1.29 is 13.2 Å². The first-order chi connectivity index (χ1) is 7.36. The third kappa shape index (κ3) is 1.73. The number of ether oxygens (including phenoxy) is 1. The van der Waals surface area contributed by atoms with Gasteiger partial charge in [0.15, 0.2) is 9.84 Å². The van der Waals surface area contributed by atoms with Gasteiger partial charge in [-0.2, -0.15) is 4.98 Å². The van der Waals surface area contributed by atoms with Crippen molar-refractivity contribution >= 4 is 15.8 Å². The van der Waals surface area contributed by atoms with Crippen molar-refractivity contribution in [2.24, 2.45) is 0 Å². The largest absolute Gasteiger partial charge is 0.466 e. The van der Waals surface area contributed by atoms with Gasteiger partial charge in [0.1, 0.15) is 0 Å². The van der Waals surface area contributed by atoms with Gasteiger partial charge in [0, 0.05) is 0 Å². The summed E-state index contributed by atoms with van der Waals surface area (Å²) in [6.45, 7) is 1.81. The number of methoxy groups -OCH3 is 1. The summed E-state index contributed by atoms with van der Waals surface area (Å²) in [4.78, 5) is 3.88. The van der Waals surface area contributed by atoms with Crippen LogP contribution in [0.25, 0.3) is 0 Å². The summed E-state index contributed by atoms with van der Waals surface area (Å²) in [5.41, 5.74) is 5.07. The number of anilines is 1. The van der Waals surface area contributed by atoms with E-state index in [9.17, 15) is 8.42 Å².